The van der Waals surface area contributed by atoms with E-state index in [1.54, 1.807) is 0 Å². The Kier molecular flexibility index (Phi) is 2.84. The normalized spacial score (nSPS) is 16.7. The Balaban J connectivity index is 3.08. The van der Waals surface area contributed by atoms with Gasteiger partial charge in [0.05, 0.1) is 10.5 Å². The van der Waals surface area contributed by atoms with Gasteiger partial charge in [0, 0.05) is 7.37 Å². The van der Waals surface area contributed by atoms with Crippen molar-refractivity contribution in [2.24, 2.45) is 0 Å². The third-order valence-corrected chi connectivity index (χ3v) is 3.69. The first kappa shape index (κ1) is 10.8. The van der Waals surface area contributed by atoms with Gasteiger partial charge in [0.15, 0.2) is 7.57 Å². The molecule has 1 rings (SSSR count). The summed E-state index contributed by atoms with van der Waals surface area (Å²) in [6, 6.07) is 10.2. The van der Waals surface area contributed by atoms with E-state index in [-0.39, 0.29) is 12.7 Å². The first-order valence-corrected chi connectivity index (χ1v) is 5.35. The molecule has 0 aliphatic heterocycles. The monoisotopic (exact) mass is 196 g/mol. The second kappa shape index (κ2) is 3.44. The summed E-state index contributed by atoms with van der Waals surface area (Å²) >= 11 is 0. The maximum absolute atomic E-state index is 10.5. The van der Waals surface area contributed by atoms with Gasteiger partial charge in [0.2, 0.25) is 0 Å². The molecule has 0 aromatic heterocycles. The largest absolute Gasteiger partial charge is 0.294 e. The first-order valence-electron chi connectivity index (χ1n) is 4.06. The molecule has 3 heteroatoms. The summed E-state index contributed by atoms with van der Waals surface area (Å²) in [4.78, 5) is 10.5. The highest BCUT2D eigenvalue weighted by molar-refractivity contribution is 7.99. The standard InChI is InChI=1S/C10H18BOP/c1-10(2,3)13(11,12)9-7-5-4-6-8-9/h4-8,12H,1-3,11H3. The van der Waals surface area contributed by atoms with E-state index in [1.807, 2.05) is 18.2 Å². The summed E-state index contributed by atoms with van der Waals surface area (Å²) in [5, 5.41) is 1.27. The molecule has 1 aromatic carbocycles. The molecule has 0 fully saturated rings. The minimum absolute atomic E-state index is 0.0291. The van der Waals surface area contributed by atoms with Crippen molar-refractivity contribution in [2.75, 3.05) is 0 Å². The summed E-state index contributed by atoms with van der Waals surface area (Å²) in [7, 11) is -1.76. The van der Waals surface area contributed by atoms with Crippen LogP contribution in [0.2, 0.25) is 0 Å². The van der Waals surface area contributed by atoms with Gasteiger partial charge >= 0.3 is 0 Å². The van der Waals surface area contributed by atoms with Crippen LogP contribution in [-0.2, 0) is 0 Å². The lowest BCUT2D eigenvalue weighted by Gasteiger charge is -2.35. The minimum atomic E-state index is -1.73. The second-order valence-corrected chi connectivity index (χ2v) is 6.30. The van der Waals surface area contributed by atoms with Gasteiger partial charge in [-0.2, -0.15) is 0 Å². The first-order chi connectivity index (χ1) is 5.86. The third-order valence-electron chi connectivity index (χ3n) is 1.64. The van der Waals surface area contributed by atoms with Crippen molar-refractivity contribution in [2.45, 2.75) is 25.9 Å². The third kappa shape index (κ3) is 2.13. The number of benzene rings is 1. The van der Waals surface area contributed by atoms with Crippen LogP contribution in [0.15, 0.2) is 30.3 Å². The highest BCUT2D eigenvalue weighted by Crippen LogP contribution is 2.59. The maximum atomic E-state index is 10.5. The van der Waals surface area contributed by atoms with Crippen LogP contribution in [0.3, 0.4) is 0 Å². The zero-order valence-electron chi connectivity index (χ0n) is 7.78. The molecule has 0 bridgehead atoms. The van der Waals surface area contributed by atoms with Crippen LogP contribution >= 0.6 is 7.37 Å². The van der Waals surface area contributed by atoms with Gasteiger partial charge in [-0.25, -0.2) is 0 Å². The van der Waals surface area contributed by atoms with Crippen LogP contribution in [0.25, 0.3) is 0 Å². The summed E-state index contributed by atoms with van der Waals surface area (Å²) in [5.74, 6) is 0. The highest BCUT2D eigenvalue weighted by Gasteiger charge is 2.38. The van der Waals surface area contributed by atoms with E-state index in [9.17, 15) is 4.89 Å². The van der Waals surface area contributed by atoms with Gasteiger partial charge in [-0.3, -0.25) is 4.89 Å². The molecule has 0 heterocycles. The molecule has 0 spiro atoms. The molecule has 1 nitrogen and oxygen atoms in total. The molecule has 0 amide bonds. The lowest BCUT2D eigenvalue weighted by molar-refractivity contribution is 0.581. The predicted octanol–water partition coefficient (Wildman–Crippen LogP) is 1.32. The molecule has 0 aliphatic rings. The van der Waals surface area contributed by atoms with Crippen molar-refractivity contribution >= 4 is 20.2 Å². The number of rotatable bonds is 1. The van der Waals surface area contributed by atoms with Crippen LogP contribution < -0.4 is 5.30 Å². The number of hydrogen-bond acceptors (Lipinski definition) is 1. The predicted molar refractivity (Wildman–Crippen MR) is 64.9 cm³/mol. The van der Waals surface area contributed by atoms with Crippen molar-refractivity contribution in [1.82, 2.24) is 0 Å². The Morgan fingerprint density at radius 1 is 1.15 bits per heavy atom. The molecule has 0 saturated heterocycles. The topological polar surface area (TPSA) is 20.2 Å². The van der Waals surface area contributed by atoms with Crippen molar-refractivity contribution in [3.8, 4) is 0 Å². The zero-order chi connectivity index (χ0) is 10.1. The van der Waals surface area contributed by atoms with E-state index in [4.69, 9.17) is 0 Å². The smallest absolute Gasteiger partial charge is 0.164 e. The van der Waals surface area contributed by atoms with E-state index in [0.29, 0.717) is 0 Å². The average molecular weight is 196 g/mol. The van der Waals surface area contributed by atoms with Gasteiger partial charge in [0.25, 0.3) is 0 Å². The Labute approximate surface area is 82.0 Å². The van der Waals surface area contributed by atoms with E-state index < -0.39 is 7.37 Å². The second-order valence-electron chi connectivity index (χ2n) is 3.82. The molecule has 1 N–H and O–H groups in total. The molecule has 1 atom stereocenters. The molecular formula is C10H18BOP. The zero-order valence-corrected chi connectivity index (χ0v) is 8.68. The molecule has 13 heavy (non-hydrogen) atoms. The fourth-order valence-corrected chi connectivity index (χ4v) is 2.19. The van der Waals surface area contributed by atoms with Gasteiger partial charge in [-0.1, -0.05) is 18.2 Å². The van der Waals surface area contributed by atoms with Crippen LogP contribution in [0.5, 0.6) is 0 Å². The van der Waals surface area contributed by atoms with Crippen molar-refractivity contribution in [3.05, 3.63) is 30.3 Å². The average Bonchev–Trinajstić information content (AvgIpc) is 2.04. The van der Waals surface area contributed by atoms with Crippen LogP contribution in [0.4, 0.5) is 0 Å². The summed E-state index contributed by atoms with van der Waals surface area (Å²) in [6.45, 7) is 6.46. The Morgan fingerprint density at radius 3 is 2.00 bits per heavy atom. The summed E-state index contributed by atoms with van der Waals surface area (Å²) in [6.07, 6.45) is 0. The lowest BCUT2D eigenvalue weighted by Crippen LogP contribution is -2.28. The highest BCUT2D eigenvalue weighted by atomic mass is 31.2. The molecule has 1 aromatic rings. The maximum Gasteiger partial charge on any atom is 0.164 e. The SMILES string of the molecule is [BH3-][P+](O)(c1ccccc1)C(C)(C)C. The van der Waals surface area contributed by atoms with Crippen molar-refractivity contribution in [3.63, 3.8) is 0 Å². The molecule has 0 radical (unpaired) electrons. The molecule has 0 aliphatic carbocycles. The Bertz CT molecular complexity index is 277. The van der Waals surface area contributed by atoms with Gasteiger partial charge in [-0.05, 0) is 32.9 Å². The molecular weight excluding hydrogens is 178 g/mol. The molecule has 1 unspecified atom stereocenters. The van der Waals surface area contributed by atoms with Crippen LogP contribution in [0, 0.1) is 0 Å². The fourth-order valence-electron chi connectivity index (χ4n) is 0.956. The van der Waals surface area contributed by atoms with Gasteiger partial charge < -0.3 is 0 Å². The van der Waals surface area contributed by atoms with Crippen molar-refractivity contribution in [1.29, 1.82) is 0 Å². The van der Waals surface area contributed by atoms with Crippen LogP contribution in [0.1, 0.15) is 20.8 Å². The van der Waals surface area contributed by atoms with E-state index >= 15 is 0 Å². The number of hydrogen-bond donors (Lipinski definition) is 1. The summed E-state index contributed by atoms with van der Waals surface area (Å²) in [5.41, 5.74) is 0. The Morgan fingerprint density at radius 2 is 1.62 bits per heavy atom. The fraction of sp³-hybridized carbons (Fsp3) is 0.400. The molecule has 0 saturated carbocycles. The minimum Gasteiger partial charge on any atom is -0.294 e. The Hall–Kier alpha value is -0.325. The van der Waals surface area contributed by atoms with Crippen molar-refractivity contribution < 1.29 is 4.89 Å². The lowest BCUT2D eigenvalue weighted by atomic mass is 10.3. The van der Waals surface area contributed by atoms with E-state index in [2.05, 4.69) is 32.9 Å². The van der Waals surface area contributed by atoms with Gasteiger partial charge in [0.1, 0.15) is 0 Å². The summed E-state index contributed by atoms with van der Waals surface area (Å²) < 4.78 is 0. The van der Waals surface area contributed by atoms with E-state index in [0.717, 1.165) is 0 Å². The quantitative estimate of drug-likeness (QED) is 0.530. The van der Waals surface area contributed by atoms with Gasteiger partial charge in [-0.15, -0.1) is 0 Å². The van der Waals surface area contributed by atoms with E-state index in [1.165, 1.54) is 5.30 Å². The van der Waals surface area contributed by atoms with Crippen LogP contribution in [-0.4, -0.2) is 17.6 Å². The molecule has 72 valence electrons.